The number of ether oxygens (including phenoxy) is 2. The van der Waals surface area contributed by atoms with Gasteiger partial charge in [-0.05, 0) is 0 Å². The van der Waals surface area contributed by atoms with E-state index in [0.717, 1.165) is 0 Å². The quantitative estimate of drug-likeness (QED) is 0.644. The van der Waals surface area contributed by atoms with Gasteiger partial charge in [-0.2, -0.15) is 13.2 Å². The molecule has 0 heterocycles. The molecule has 0 radical (unpaired) electrons. The van der Waals surface area contributed by atoms with Gasteiger partial charge in [-0.1, -0.05) is 0 Å². The first kappa shape index (κ1) is 14.0. The Morgan fingerprint density at radius 1 is 1.33 bits per heavy atom. The Labute approximate surface area is 84.2 Å². The van der Waals surface area contributed by atoms with Crippen LogP contribution in [0.5, 0.6) is 0 Å². The highest BCUT2D eigenvalue weighted by atomic mass is 19.4. The Balaban J connectivity index is 3.27. The zero-order valence-corrected chi connectivity index (χ0v) is 7.84. The summed E-state index contributed by atoms with van der Waals surface area (Å²) in [5.74, 6) is 0. The van der Waals surface area contributed by atoms with Crippen LogP contribution in [0.4, 0.5) is 18.0 Å². The molecule has 5 nitrogen and oxygen atoms in total. The molecule has 0 spiro atoms. The van der Waals surface area contributed by atoms with E-state index >= 15 is 0 Å². The highest BCUT2D eigenvalue weighted by molar-refractivity contribution is 5.66. The fraction of sp³-hybridized carbons (Fsp3) is 0.857. The van der Waals surface area contributed by atoms with E-state index in [1.165, 1.54) is 0 Å². The molecule has 0 aromatic carbocycles. The van der Waals surface area contributed by atoms with Gasteiger partial charge in [0.25, 0.3) is 0 Å². The number of carbonyl (C=O) groups is 1. The molecule has 0 fully saturated rings. The van der Waals surface area contributed by atoms with Gasteiger partial charge >= 0.3 is 12.3 Å². The van der Waals surface area contributed by atoms with Gasteiger partial charge in [-0.25, -0.2) is 4.79 Å². The summed E-state index contributed by atoms with van der Waals surface area (Å²) in [4.78, 5) is 10.6. The Kier molecular flexibility index (Phi) is 6.80. The van der Waals surface area contributed by atoms with E-state index in [1.807, 2.05) is 0 Å². The van der Waals surface area contributed by atoms with Crippen molar-refractivity contribution >= 4 is 6.09 Å². The van der Waals surface area contributed by atoms with E-state index in [-0.39, 0.29) is 26.4 Å². The third kappa shape index (κ3) is 10.9. The van der Waals surface area contributed by atoms with Crippen LogP contribution in [0.3, 0.4) is 0 Å². The van der Waals surface area contributed by atoms with E-state index in [1.54, 1.807) is 0 Å². The largest absolute Gasteiger partial charge is 0.447 e. The number of aliphatic hydroxyl groups excluding tert-OH is 1. The van der Waals surface area contributed by atoms with Crippen LogP contribution in [-0.2, 0) is 9.47 Å². The first-order valence-electron chi connectivity index (χ1n) is 4.11. The smallest absolute Gasteiger partial charge is 0.411 e. The molecule has 0 aliphatic carbocycles. The van der Waals surface area contributed by atoms with Crippen molar-refractivity contribution < 1.29 is 32.5 Å². The number of hydrogen-bond acceptors (Lipinski definition) is 4. The summed E-state index contributed by atoms with van der Waals surface area (Å²) in [6.45, 7) is -2.15. The van der Waals surface area contributed by atoms with Gasteiger partial charge in [0.15, 0.2) is 0 Å². The van der Waals surface area contributed by atoms with Crippen LogP contribution in [-0.4, -0.2) is 50.3 Å². The first-order chi connectivity index (χ1) is 6.95. The molecule has 8 heteroatoms. The van der Waals surface area contributed by atoms with Gasteiger partial charge in [-0.15, -0.1) is 0 Å². The number of alkyl halides is 3. The Hall–Kier alpha value is -1.02. The minimum absolute atomic E-state index is 0.0830. The van der Waals surface area contributed by atoms with Crippen molar-refractivity contribution in [2.24, 2.45) is 0 Å². The summed E-state index contributed by atoms with van der Waals surface area (Å²) >= 11 is 0. The minimum atomic E-state index is -4.36. The average Bonchev–Trinajstić information content (AvgIpc) is 2.12. The zero-order valence-electron chi connectivity index (χ0n) is 7.84. The number of halogens is 3. The third-order valence-electron chi connectivity index (χ3n) is 1.11. The first-order valence-corrected chi connectivity index (χ1v) is 4.11. The van der Waals surface area contributed by atoms with Crippen LogP contribution in [0.1, 0.15) is 0 Å². The van der Waals surface area contributed by atoms with Crippen molar-refractivity contribution in [3.05, 3.63) is 0 Å². The molecule has 0 aromatic heterocycles. The summed E-state index contributed by atoms with van der Waals surface area (Å²) in [5.41, 5.74) is 0. The molecule has 0 saturated carbocycles. The number of aliphatic hydroxyl groups is 1. The second-order valence-corrected chi connectivity index (χ2v) is 2.45. The van der Waals surface area contributed by atoms with Crippen molar-refractivity contribution in [1.29, 1.82) is 0 Å². The predicted octanol–water partition coefficient (Wildman–Crippen LogP) is 0.284. The predicted molar refractivity (Wildman–Crippen MR) is 43.3 cm³/mol. The van der Waals surface area contributed by atoms with E-state index in [4.69, 9.17) is 5.11 Å². The van der Waals surface area contributed by atoms with Crippen LogP contribution in [0.25, 0.3) is 0 Å². The zero-order chi connectivity index (χ0) is 11.7. The lowest BCUT2D eigenvalue weighted by molar-refractivity contribution is -0.173. The standard InChI is InChI=1S/C7H12F3NO4/c8-7(9,10)5-14-3-1-11-6(13)15-4-2-12/h12H,1-5H2,(H,11,13). The molecule has 0 aromatic rings. The van der Waals surface area contributed by atoms with E-state index < -0.39 is 18.9 Å². The topological polar surface area (TPSA) is 67.8 Å². The molecule has 0 rings (SSSR count). The summed E-state index contributed by atoms with van der Waals surface area (Å²) in [5, 5.41) is 10.4. The fourth-order valence-electron chi connectivity index (χ4n) is 0.603. The molecule has 0 aliphatic rings. The minimum Gasteiger partial charge on any atom is -0.447 e. The van der Waals surface area contributed by atoms with Crippen LogP contribution >= 0.6 is 0 Å². The molecule has 0 atom stereocenters. The monoisotopic (exact) mass is 231 g/mol. The summed E-state index contributed by atoms with van der Waals surface area (Å²) in [6, 6.07) is 0. The highest BCUT2D eigenvalue weighted by Gasteiger charge is 2.27. The molecule has 0 aliphatic heterocycles. The van der Waals surface area contributed by atoms with Gasteiger partial charge in [-0.3, -0.25) is 0 Å². The lowest BCUT2D eigenvalue weighted by Gasteiger charge is -2.08. The van der Waals surface area contributed by atoms with Gasteiger partial charge in [0.05, 0.1) is 13.2 Å². The van der Waals surface area contributed by atoms with Crippen molar-refractivity contribution in [2.45, 2.75) is 6.18 Å². The lowest BCUT2D eigenvalue weighted by Crippen LogP contribution is -2.30. The summed E-state index contributed by atoms with van der Waals surface area (Å²) < 4.78 is 43.2. The second-order valence-electron chi connectivity index (χ2n) is 2.45. The molecule has 90 valence electrons. The number of rotatable bonds is 6. The summed E-state index contributed by atoms with van der Waals surface area (Å²) in [6.07, 6.45) is -5.17. The molecule has 15 heavy (non-hydrogen) atoms. The molecular formula is C7H12F3NO4. The molecule has 0 bridgehead atoms. The normalized spacial score (nSPS) is 11.2. The van der Waals surface area contributed by atoms with Gasteiger partial charge in [0, 0.05) is 6.54 Å². The Morgan fingerprint density at radius 2 is 2.00 bits per heavy atom. The van der Waals surface area contributed by atoms with Crippen LogP contribution in [0.15, 0.2) is 0 Å². The van der Waals surface area contributed by atoms with E-state index in [2.05, 4.69) is 14.8 Å². The second kappa shape index (κ2) is 7.30. The van der Waals surface area contributed by atoms with Gasteiger partial charge in [0.1, 0.15) is 13.2 Å². The molecule has 1 amide bonds. The number of amides is 1. The third-order valence-corrected chi connectivity index (χ3v) is 1.11. The van der Waals surface area contributed by atoms with Gasteiger partial charge in [0.2, 0.25) is 0 Å². The maximum Gasteiger partial charge on any atom is 0.411 e. The summed E-state index contributed by atoms with van der Waals surface area (Å²) in [7, 11) is 0. The highest BCUT2D eigenvalue weighted by Crippen LogP contribution is 2.13. The molecule has 2 N–H and O–H groups in total. The number of alkyl carbamates (subject to hydrolysis) is 1. The van der Waals surface area contributed by atoms with Crippen molar-refractivity contribution in [3.63, 3.8) is 0 Å². The number of nitrogens with one attached hydrogen (secondary N) is 1. The number of carbonyl (C=O) groups excluding carboxylic acids is 1. The van der Waals surface area contributed by atoms with Gasteiger partial charge < -0.3 is 19.9 Å². The average molecular weight is 231 g/mol. The Morgan fingerprint density at radius 3 is 2.53 bits per heavy atom. The lowest BCUT2D eigenvalue weighted by atomic mass is 10.6. The Bertz CT molecular complexity index is 186. The maximum absolute atomic E-state index is 11.5. The van der Waals surface area contributed by atoms with Crippen molar-refractivity contribution in [1.82, 2.24) is 5.32 Å². The molecule has 0 saturated heterocycles. The molecular weight excluding hydrogens is 219 g/mol. The van der Waals surface area contributed by atoms with E-state index in [9.17, 15) is 18.0 Å². The maximum atomic E-state index is 11.5. The van der Waals surface area contributed by atoms with E-state index in [0.29, 0.717) is 0 Å². The van der Waals surface area contributed by atoms with Crippen molar-refractivity contribution in [3.8, 4) is 0 Å². The van der Waals surface area contributed by atoms with Crippen LogP contribution in [0, 0.1) is 0 Å². The van der Waals surface area contributed by atoms with Crippen LogP contribution < -0.4 is 5.32 Å². The SMILES string of the molecule is O=C(NCCOCC(F)(F)F)OCCO. The number of hydrogen-bond donors (Lipinski definition) is 2. The van der Waals surface area contributed by atoms with Crippen LogP contribution in [0.2, 0.25) is 0 Å². The van der Waals surface area contributed by atoms with Crippen molar-refractivity contribution in [2.75, 3.05) is 33.0 Å². The fourth-order valence-corrected chi connectivity index (χ4v) is 0.603. The molecule has 0 unspecified atom stereocenters.